The first-order chi connectivity index (χ1) is 17.1. The summed E-state index contributed by atoms with van der Waals surface area (Å²) in [5.74, 6) is 1.41. The Morgan fingerprint density at radius 3 is 2.14 bits per heavy atom. The van der Waals surface area contributed by atoms with Crippen molar-refractivity contribution < 1.29 is 23.7 Å². The molecule has 0 aromatic heterocycles. The van der Waals surface area contributed by atoms with Gasteiger partial charge >= 0.3 is 6.09 Å². The lowest BCUT2D eigenvalue weighted by molar-refractivity contribution is 0.00880. The Labute approximate surface area is 208 Å². The number of thiocarbonyl (C=S) groups is 1. The zero-order valence-corrected chi connectivity index (χ0v) is 19.6. The van der Waals surface area contributed by atoms with Gasteiger partial charge in [0.05, 0.1) is 19.3 Å². The lowest BCUT2D eigenvalue weighted by Crippen LogP contribution is -2.46. The Bertz CT molecular complexity index is 1150. The molecule has 0 bridgehead atoms. The quantitative estimate of drug-likeness (QED) is 0.433. The normalized spacial score (nSPS) is 22.6. The van der Waals surface area contributed by atoms with Gasteiger partial charge in [0.1, 0.15) is 23.7 Å². The minimum absolute atomic E-state index is 0.141. The van der Waals surface area contributed by atoms with Crippen LogP contribution in [0.25, 0.3) is 0 Å². The molecule has 2 fully saturated rings. The van der Waals surface area contributed by atoms with Crippen LogP contribution >= 0.6 is 12.2 Å². The zero-order chi connectivity index (χ0) is 24.0. The molecular weight excluding hydrogens is 466 g/mol. The predicted molar refractivity (Wildman–Crippen MR) is 136 cm³/mol. The van der Waals surface area contributed by atoms with Gasteiger partial charge in [-0.1, -0.05) is 36.4 Å². The van der Waals surface area contributed by atoms with Crippen LogP contribution in [-0.4, -0.2) is 48.8 Å². The number of anilines is 2. The van der Waals surface area contributed by atoms with Crippen molar-refractivity contribution in [1.29, 1.82) is 0 Å². The standard InChI is InChI=1S/C26H25N3O5S/c30-26(28-18-11-13-20(14-12-18)33-19-9-5-2-6-10-19)34-22-16-32-23-21(15-31-24(22)23)29-25(35)27-17-7-3-1-4-8-17/h1-14,21-24H,15-16H2,(H,28,30)(H2,27,29,35)/t21-,22+,23+,24+/m0/s1. The monoisotopic (exact) mass is 491 g/mol. The highest BCUT2D eigenvalue weighted by atomic mass is 32.1. The molecule has 2 heterocycles. The van der Waals surface area contributed by atoms with E-state index < -0.39 is 12.2 Å². The first-order valence-electron chi connectivity index (χ1n) is 11.3. The van der Waals surface area contributed by atoms with Gasteiger partial charge in [0.15, 0.2) is 11.2 Å². The molecule has 3 aromatic carbocycles. The largest absolute Gasteiger partial charge is 0.457 e. The van der Waals surface area contributed by atoms with Crippen LogP contribution < -0.4 is 20.7 Å². The van der Waals surface area contributed by atoms with Crippen molar-refractivity contribution in [2.24, 2.45) is 0 Å². The highest BCUT2D eigenvalue weighted by Crippen LogP contribution is 2.29. The van der Waals surface area contributed by atoms with Crippen molar-refractivity contribution in [3.05, 3.63) is 84.9 Å². The molecule has 2 aliphatic heterocycles. The maximum absolute atomic E-state index is 12.5. The molecule has 4 atom stereocenters. The summed E-state index contributed by atoms with van der Waals surface area (Å²) in [6, 6.07) is 26.1. The van der Waals surface area contributed by atoms with Crippen LogP contribution in [0.1, 0.15) is 0 Å². The second-order valence-corrected chi connectivity index (χ2v) is 8.58. The Morgan fingerprint density at radius 2 is 1.40 bits per heavy atom. The fraction of sp³-hybridized carbons (Fsp3) is 0.231. The lowest BCUT2D eigenvalue weighted by Gasteiger charge is -2.20. The van der Waals surface area contributed by atoms with E-state index in [1.165, 1.54) is 0 Å². The molecule has 0 unspecified atom stereocenters. The predicted octanol–water partition coefficient (Wildman–Crippen LogP) is 4.55. The van der Waals surface area contributed by atoms with Gasteiger partial charge in [-0.2, -0.15) is 0 Å². The molecule has 0 radical (unpaired) electrons. The molecule has 0 saturated carbocycles. The molecule has 9 heteroatoms. The van der Waals surface area contributed by atoms with Crippen LogP contribution in [0.3, 0.4) is 0 Å². The summed E-state index contributed by atoms with van der Waals surface area (Å²) >= 11 is 5.41. The summed E-state index contributed by atoms with van der Waals surface area (Å²) in [6.45, 7) is 0.653. The third kappa shape index (κ3) is 5.89. The number of hydrogen-bond donors (Lipinski definition) is 3. The highest BCUT2D eigenvalue weighted by molar-refractivity contribution is 7.80. The number of fused-ring (bicyclic) bond motifs is 1. The van der Waals surface area contributed by atoms with Crippen molar-refractivity contribution in [3.8, 4) is 11.5 Å². The van der Waals surface area contributed by atoms with E-state index in [1.807, 2.05) is 60.7 Å². The summed E-state index contributed by atoms with van der Waals surface area (Å²) in [6.07, 6.45) is -1.71. The Kier molecular flexibility index (Phi) is 7.08. The van der Waals surface area contributed by atoms with Crippen LogP contribution in [0.5, 0.6) is 11.5 Å². The third-order valence-electron chi connectivity index (χ3n) is 5.69. The molecule has 3 aromatic rings. The number of nitrogens with one attached hydrogen (secondary N) is 3. The summed E-state index contributed by atoms with van der Waals surface area (Å²) < 4.78 is 23.1. The van der Waals surface area contributed by atoms with Crippen molar-refractivity contribution >= 4 is 34.8 Å². The summed E-state index contributed by atoms with van der Waals surface area (Å²) in [7, 11) is 0. The molecule has 0 spiro atoms. The summed E-state index contributed by atoms with van der Waals surface area (Å²) in [5.41, 5.74) is 1.49. The van der Waals surface area contributed by atoms with E-state index in [2.05, 4.69) is 16.0 Å². The maximum Gasteiger partial charge on any atom is 0.412 e. The molecule has 8 nitrogen and oxygen atoms in total. The van der Waals surface area contributed by atoms with E-state index in [1.54, 1.807) is 24.3 Å². The van der Waals surface area contributed by atoms with E-state index in [4.69, 9.17) is 31.2 Å². The highest BCUT2D eigenvalue weighted by Gasteiger charge is 2.49. The van der Waals surface area contributed by atoms with Gasteiger partial charge in [0.25, 0.3) is 0 Å². The van der Waals surface area contributed by atoms with E-state index in [0.29, 0.717) is 23.2 Å². The minimum atomic E-state index is -0.572. The van der Waals surface area contributed by atoms with Gasteiger partial charge in [-0.25, -0.2) is 4.79 Å². The van der Waals surface area contributed by atoms with Gasteiger partial charge in [-0.05, 0) is 60.7 Å². The summed E-state index contributed by atoms with van der Waals surface area (Å²) in [4.78, 5) is 12.5. The average Bonchev–Trinajstić information content (AvgIpc) is 3.45. The fourth-order valence-electron chi connectivity index (χ4n) is 4.06. The summed E-state index contributed by atoms with van der Waals surface area (Å²) in [5, 5.41) is 9.60. The molecule has 3 N–H and O–H groups in total. The molecule has 35 heavy (non-hydrogen) atoms. The van der Waals surface area contributed by atoms with E-state index >= 15 is 0 Å². The molecule has 0 aliphatic carbocycles. The van der Waals surface area contributed by atoms with Gasteiger partial charge in [0.2, 0.25) is 0 Å². The topological polar surface area (TPSA) is 90.1 Å². The molecule has 2 aliphatic rings. The first kappa shape index (κ1) is 23.1. The van der Waals surface area contributed by atoms with Crippen molar-refractivity contribution in [3.63, 3.8) is 0 Å². The zero-order valence-electron chi connectivity index (χ0n) is 18.8. The number of hydrogen-bond acceptors (Lipinski definition) is 6. The van der Waals surface area contributed by atoms with Crippen LogP contribution in [0.2, 0.25) is 0 Å². The molecule has 5 rings (SSSR count). The Balaban J connectivity index is 1.09. The number of carbonyl (C=O) groups is 1. The van der Waals surface area contributed by atoms with E-state index in [0.717, 1.165) is 11.4 Å². The first-order valence-corrected chi connectivity index (χ1v) is 11.7. The Hall–Kier alpha value is -3.66. The molecule has 180 valence electrons. The van der Waals surface area contributed by atoms with Gasteiger partial charge in [0, 0.05) is 11.4 Å². The third-order valence-corrected chi connectivity index (χ3v) is 5.91. The number of amides is 1. The number of ether oxygens (including phenoxy) is 4. The van der Waals surface area contributed by atoms with Crippen molar-refractivity contribution in [1.82, 2.24) is 5.32 Å². The second kappa shape index (κ2) is 10.7. The van der Waals surface area contributed by atoms with Crippen molar-refractivity contribution in [2.45, 2.75) is 24.4 Å². The number of para-hydroxylation sites is 2. The van der Waals surface area contributed by atoms with Crippen molar-refractivity contribution in [2.75, 3.05) is 23.8 Å². The lowest BCUT2D eigenvalue weighted by atomic mass is 10.1. The van der Waals surface area contributed by atoms with Crippen LogP contribution in [-0.2, 0) is 14.2 Å². The maximum atomic E-state index is 12.5. The number of rotatable bonds is 6. The van der Waals surface area contributed by atoms with Crippen LogP contribution in [0, 0.1) is 0 Å². The molecule has 1 amide bonds. The smallest absolute Gasteiger partial charge is 0.412 e. The fourth-order valence-corrected chi connectivity index (χ4v) is 4.33. The molecular formula is C26H25N3O5S. The average molecular weight is 492 g/mol. The van der Waals surface area contributed by atoms with E-state index in [9.17, 15) is 4.79 Å². The minimum Gasteiger partial charge on any atom is -0.457 e. The Morgan fingerprint density at radius 1 is 0.771 bits per heavy atom. The van der Waals surface area contributed by atoms with Crippen LogP contribution in [0.4, 0.5) is 16.2 Å². The van der Waals surface area contributed by atoms with E-state index in [-0.39, 0.29) is 24.9 Å². The number of benzene rings is 3. The number of carbonyl (C=O) groups excluding carboxylic acids is 1. The molecule has 2 saturated heterocycles. The second-order valence-electron chi connectivity index (χ2n) is 8.18. The van der Waals surface area contributed by atoms with Gasteiger partial charge in [-0.15, -0.1) is 0 Å². The van der Waals surface area contributed by atoms with Crippen LogP contribution in [0.15, 0.2) is 84.9 Å². The SMILES string of the molecule is O=C(Nc1ccc(Oc2ccccc2)cc1)O[C@@H]1CO[C@H]2[C@@H]1OC[C@@H]2NC(=S)Nc1ccccc1. The van der Waals surface area contributed by atoms with Gasteiger partial charge in [-0.3, -0.25) is 5.32 Å². The van der Waals surface area contributed by atoms with Gasteiger partial charge < -0.3 is 29.6 Å².